The number of ether oxygens (including phenoxy) is 5. The molecule has 1 aliphatic rings. The van der Waals surface area contributed by atoms with E-state index >= 15 is 0 Å². The second-order valence-electron chi connectivity index (χ2n) is 6.88. The van der Waals surface area contributed by atoms with Crippen molar-refractivity contribution in [1.82, 2.24) is 0 Å². The van der Waals surface area contributed by atoms with Gasteiger partial charge in [-0.1, -0.05) is 18.2 Å². The maximum Gasteiger partial charge on any atom is 0.302 e. The minimum Gasteiger partial charge on any atom is -0.504 e. The van der Waals surface area contributed by atoms with E-state index in [0.29, 0.717) is 23.9 Å². The van der Waals surface area contributed by atoms with E-state index < -0.39 is 6.10 Å². The summed E-state index contributed by atoms with van der Waals surface area (Å²) in [4.78, 5) is 11.5. The van der Waals surface area contributed by atoms with Gasteiger partial charge in [-0.15, -0.1) is 0 Å². The molecule has 0 radical (unpaired) electrons. The average Bonchev–Trinajstić information content (AvgIpc) is 3.11. The van der Waals surface area contributed by atoms with Crippen LogP contribution < -0.4 is 14.2 Å². The van der Waals surface area contributed by atoms with Crippen LogP contribution in [0.4, 0.5) is 0 Å². The van der Waals surface area contributed by atoms with Crippen molar-refractivity contribution in [3.05, 3.63) is 53.1 Å². The molecular formula is C23H26O7. The van der Waals surface area contributed by atoms with Crippen LogP contribution in [-0.4, -0.2) is 45.6 Å². The van der Waals surface area contributed by atoms with E-state index in [1.54, 1.807) is 33.5 Å². The van der Waals surface area contributed by atoms with Gasteiger partial charge in [-0.25, -0.2) is 0 Å². The van der Waals surface area contributed by atoms with Crippen molar-refractivity contribution in [1.29, 1.82) is 0 Å². The van der Waals surface area contributed by atoms with Crippen LogP contribution in [0.1, 0.15) is 35.6 Å². The molecule has 2 atom stereocenters. The largest absolute Gasteiger partial charge is 0.504 e. The van der Waals surface area contributed by atoms with Crippen LogP contribution in [0.5, 0.6) is 23.0 Å². The summed E-state index contributed by atoms with van der Waals surface area (Å²) in [6, 6.07) is 9.05. The molecule has 2 aromatic carbocycles. The lowest BCUT2D eigenvalue weighted by atomic mass is 9.90. The minimum atomic E-state index is -0.469. The zero-order valence-corrected chi connectivity index (χ0v) is 17.5. The Morgan fingerprint density at radius 3 is 2.57 bits per heavy atom. The average molecular weight is 414 g/mol. The third-order valence-corrected chi connectivity index (χ3v) is 4.91. The number of phenols is 1. The van der Waals surface area contributed by atoms with Crippen LogP contribution in [0.25, 0.3) is 6.08 Å². The van der Waals surface area contributed by atoms with Gasteiger partial charge < -0.3 is 28.8 Å². The molecule has 7 nitrogen and oxygen atoms in total. The van der Waals surface area contributed by atoms with E-state index in [1.165, 1.54) is 6.92 Å². The first-order valence-corrected chi connectivity index (χ1v) is 9.52. The summed E-state index contributed by atoms with van der Waals surface area (Å²) in [6.45, 7) is 1.94. The van der Waals surface area contributed by atoms with Crippen LogP contribution in [0, 0.1) is 0 Å². The summed E-state index contributed by atoms with van der Waals surface area (Å²) in [5.74, 6) is 0.893. The van der Waals surface area contributed by atoms with Crippen molar-refractivity contribution >= 4 is 12.0 Å². The van der Waals surface area contributed by atoms with Gasteiger partial charge in [0, 0.05) is 19.6 Å². The summed E-state index contributed by atoms with van der Waals surface area (Å²) >= 11 is 0. The Hall–Kier alpha value is -3.19. The highest BCUT2D eigenvalue weighted by Crippen LogP contribution is 2.51. The lowest BCUT2D eigenvalue weighted by Crippen LogP contribution is -2.17. The van der Waals surface area contributed by atoms with E-state index in [0.717, 1.165) is 16.7 Å². The molecule has 1 N–H and O–H groups in total. The normalized spacial score (nSPS) is 17.5. The Kier molecular flexibility index (Phi) is 6.84. The van der Waals surface area contributed by atoms with Crippen molar-refractivity contribution in [3.63, 3.8) is 0 Å². The number of methoxy groups -OCH3 is 3. The van der Waals surface area contributed by atoms with E-state index in [9.17, 15) is 9.90 Å². The van der Waals surface area contributed by atoms with Gasteiger partial charge in [0.05, 0.1) is 26.7 Å². The zero-order chi connectivity index (χ0) is 21.7. The summed E-state index contributed by atoms with van der Waals surface area (Å²) < 4.78 is 27.2. The van der Waals surface area contributed by atoms with Gasteiger partial charge in [0.2, 0.25) is 0 Å². The molecule has 0 aliphatic carbocycles. The third-order valence-electron chi connectivity index (χ3n) is 4.91. The van der Waals surface area contributed by atoms with Crippen molar-refractivity contribution in [2.45, 2.75) is 18.9 Å². The standard InChI is InChI=1S/C23H26O7/c1-14(24)29-13-18-17-10-15(6-5-9-26-2)11-19(25)23(17)30-22(18)16-7-8-20(27-3)21(12-16)28-4/h5-8,10-12,18,22,25H,9,13H2,1-4H3/b6-5+/t18-,22+/m0/s1. The predicted octanol–water partition coefficient (Wildman–Crippen LogP) is 3.85. The SMILES string of the molecule is COC/C=C/c1cc(O)c2c(c1)[C@H](COC(C)=O)[C@@H](c1ccc(OC)c(OC)c1)O2. The second-order valence-corrected chi connectivity index (χ2v) is 6.88. The molecule has 0 fully saturated rings. The number of carbonyl (C=O) groups excluding carboxylic acids is 1. The quantitative estimate of drug-likeness (QED) is 0.657. The summed E-state index contributed by atoms with van der Waals surface area (Å²) in [5.41, 5.74) is 2.39. The Morgan fingerprint density at radius 2 is 1.90 bits per heavy atom. The molecular weight excluding hydrogens is 388 g/mol. The lowest BCUT2D eigenvalue weighted by molar-refractivity contribution is -0.141. The van der Waals surface area contributed by atoms with Crippen LogP contribution in [0.3, 0.4) is 0 Å². The van der Waals surface area contributed by atoms with E-state index in [2.05, 4.69) is 0 Å². The molecule has 30 heavy (non-hydrogen) atoms. The van der Waals surface area contributed by atoms with Gasteiger partial charge in [-0.05, 0) is 35.4 Å². The Morgan fingerprint density at radius 1 is 1.13 bits per heavy atom. The van der Waals surface area contributed by atoms with Crippen molar-refractivity contribution in [2.75, 3.05) is 34.5 Å². The van der Waals surface area contributed by atoms with Gasteiger partial charge in [0.25, 0.3) is 0 Å². The summed E-state index contributed by atoms with van der Waals surface area (Å²) in [7, 11) is 4.74. The molecule has 0 spiro atoms. The second kappa shape index (κ2) is 9.54. The number of phenolic OH excluding ortho intramolecular Hbond substituents is 1. The first-order chi connectivity index (χ1) is 14.5. The molecule has 1 heterocycles. The van der Waals surface area contributed by atoms with Crippen molar-refractivity contribution in [3.8, 4) is 23.0 Å². The summed E-state index contributed by atoms with van der Waals surface area (Å²) in [5, 5.41) is 10.6. The maximum absolute atomic E-state index is 11.5. The minimum absolute atomic E-state index is 0.0281. The monoisotopic (exact) mass is 414 g/mol. The van der Waals surface area contributed by atoms with E-state index in [4.69, 9.17) is 23.7 Å². The molecule has 0 bridgehead atoms. The summed E-state index contributed by atoms with van der Waals surface area (Å²) in [6.07, 6.45) is 3.24. The number of carbonyl (C=O) groups is 1. The fourth-order valence-corrected chi connectivity index (χ4v) is 3.53. The van der Waals surface area contributed by atoms with Crippen LogP contribution in [0.15, 0.2) is 36.4 Å². The number of hydrogen-bond donors (Lipinski definition) is 1. The highest BCUT2D eigenvalue weighted by molar-refractivity contribution is 5.66. The first kappa shape index (κ1) is 21.5. The smallest absolute Gasteiger partial charge is 0.302 e. The molecule has 0 saturated carbocycles. The predicted molar refractivity (Wildman–Crippen MR) is 111 cm³/mol. The number of rotatable bonds is 8. The van der Waals surface area contributed by atoms with Gasteiger partial charge >= 0.3 is 5.97 Å². The number of esters is 1. The Balaban J connectivity index is 2.01. The number of hydrogen-bond acceptors (Lipinski definition) is 7. The van der Waals surface area contributed by atoms with Crippen LogP contribution in [0.2, 0.25) is 0 Å². The highest BCUT2D eigenvalue weighted by Gasteiger charge is 2.38. The third kappa shape index (κ3) is 4.52. The number of aromatic hydroxyl groups is 1. The lowest BCUT2D eigenvalue weighted by Gasteiger charge is -2.20. The molecule has 160 valence electrons. The Bertz CT molecular complexity index is 935. The molecule has 3 rings (SSSR count). The topological polar surface area (TPSA) is 83.5 Å². The maximum atomic E-state index is 11.5. The Labute approximate surface area is 175 Å². The fraction of sp³-hybridized carbons (Fsp3) is 0.348. The van der Waals surface area contributed by atoms with Gasteiger partial charge in [0.1, 0.15) is 12.7 Å². The molecule has 0 unspecified atom stereocenters. The molecule has 0 saturated heterocycles. The van der Waals surface area contributed by atoms with E-state index in [-0.39, 0.29) is 24.2 Å². The van der Waals surface area contributed by atoms with Gasteiger partial charge in [-0.2, -0.15) is 0 Å². The van der Waals surface area contributed by atoms with E-state index in [1.807, 2.05) is 30.4 Å². The fourth-order valence-electron chi connectivity index (χ4n) is 3.53. The zero-order valence-electron chi connectivity index (χ0n) is 17.5. The van der Waals surface area contributed by atoms with Gasteiger partial charge in [-0.3, -0.25) is 4.79 Å². The van der Waals surface area contributed by atoms with Crippen LogP contribution in [-0.2, 0) is 14.3 Å². The van der Waals surface area contributed by atoms with Crippen molar-refractivity contribution < 1.29 is 33.6 Å². The molecule has 1 aliphatic heterocycles. The molecule has 2 aromatic rings. The first-order valence-electron chi connectivity index (χ1n) is 9.52. The molecule has 0 aromatic heterocycles. The number of fused-ring (bicyclic) bond motifs is 1. The van der Waals surface area contributed by atoms with Crippen molar-refractivity contribution in [2.24, 2.45) is 0 Å². The van der Waals surface area contributed by atoms with Gasteiger partial charge in [0.15, 0.2) is 23.0 Å². The molecule has 7 heteroatoms. The molecule has 0 amide bonds. The van der Waals surface area contributed by atoms with Crippen LogP contribution >= 0.6 is 0 Å². The highest BCUT2D eigenvalue weighted by atomic mass is 16.5. The number of benzene rings is 2.